The molecule has 0 spiro atoms. The van der Waals surface area contributed by atoms with Crippen molar-refractivity contribution in [3.8, 4) is 11.3 Å². The number of aromatic nitrogens is 1. The van der Waals surface area contributed by atoms with Crippen LogP contribution in [0.15, 0.2) is 63.6 Å². The summed E-state index contributed by atoms with van der Waals surface area (Å²) in [6, 6.07) is 15.4. The standard InChI is InChI=1S/C24H23BrN4O4/c1-26-24(32)21(15-8-9-15)29-23(31)19-11-10-18(33-19)16-5-2-4-14(12-16)13-27-22(30)17-6-3-7-20(25)28-17/h2-7,10-12,15,21H,8-9,13H2,1H3,(H,26,32)(H,27,30)(H,29,31)/t21-/m0/s1. The molecular formula is C24H23BrN4O4. The summed E-state index contributed by atoms with van der Waals surface area (Å²) >= 11 is 3.26. The van der Waals surface area contributed by atoms with Gasteiger partial charge in [-0.05, 0) is 70.6 Å². The highest BCUT2D eigenvalue weighted by molar-refractivity contribution is 9.10. The predicted molar refractivity (Wildman–Crippen MR) is 125 cm³/mol. The first kappa shape index (κ1) is 22.7. The summed E-state index contributed by atoms with van der Waals surface area (Å²) in [7, 11) is 1.56. The molecule has 1 aliphatic carbocycles. The Morgan fingerprint density at radius 3 is 2.61 bits per heavy atom. The molecule has 2 aromatic heterocycles. The molecule has 3 amide bonds. The summed E-state index contributed by atoms with van der Waals surface area (Å²) in [5.41, 5.74) is 1.96. The van der Waals surface area contributed by atoms with Crippen molar-refractivity contribution >= 4 is 33.7 Å². The van der Waals surface area contributed by atoms with Gasteiger partial charge in [0.1, 0.15) is 22.1 Å². The molecule has 0 radical (unpaired) electrons. The molecule has 1 atom stereocenters. The molecular weight excluding hydrogens is 488 g/mol. The van der Waals surface area contributed by atoms with E-state index in [2.05, 4.69) is 36.9 Å². The molecule has 0 bridgehead atoms. The lowest BCUT2D eigenvalue weighted by Gasteiger charge is -2.15. The zero-order valence-corrected chi connectivity index (χ0v) is 19.5. The van der Waals surface area contributed by atoms with Gasteiger partial charge in [-0.1, -0.05) is 24.3 Å². The van der Waals surface area contributed by atoms with Crippen LogP contribution in [0.25, 0.3) is 11.3 Å². The number of amides is 3. The van der Waals surface area contributed by atoms with E-state index >= 15 is 0 Å². The van der Waals surface area contributed by atoms with Crippen molar-refractivity contribution in [2.24, 2.45) is 5.92 Å². The molecule has 9 heteroatoms. The maximum Gasteiger partial charge on any atom is 0.287 e. The Morgan fingerprint density at radius 2 is 1.88 bits per heavy atom. The third-order valence-electron chi connectivity index (χ3n) is 5.35. The molecule has 0 unspecified atom stereocenters. The lowest BCUT2D eigenvalue weighted by molar-refractivity contribution is -0.122. The van der Waals surface area contributed by atoms with Gasteiger partial charge in [-0.2, -0.15) is 0 Å². The Labute approximate surface area is 199 Å². The van der Waals surface area contributed by atoms with Crippen LogP contribution in [0, 0.1) is 5.92 Å². The van der Waals surface area contributed by atoms with Crippen LogP contribution in [-0.4, -0.2) is 35.8 Å². The van der Waals surface area contributed by atoms with Crippen molar-refractivity contribution in [2.75, 3.05) is 7.05 Å². The Bertz CT molecular complexity index is 1190. The molecule has 0 aliphatic heterocycles. The van der Waals surface area contributed by atoms with Crippen molar-refractivity contribution < 1.29 is 18.8 Å². The fraction of sp³-hybridized carbons (Fsp3) is 0.250. The number of hydrogen-bond acceptors (Lipinski definition) is 5. The summed E-state index contributed by atoms with van der Waals surface area (Å²) in [5, 5.41) is 8.21. The first-order valence-electron chi connectivity index (χ1n) is 10.6. The normalized spacial score (nSPS) is 13.8. The summed E-state index contributed by atoms with van der Waals surface area (Å²) in [4.78, 5) is 41.1. The number of pyridine rings is 1. The fourth-order valence-corrected chi connectivity index (χ4v) is 3.80. The van der Waals surface area contributed by atoms with Crippen molar-refractivity contribution in [3.05, 3.63) is 76.2 Å². The monoisotopic (exact) mass is 510 g/mol. The molecule has 1 aliphatic rings. The van der Waals surface area contributed by atoms with Crippen LogP contribution in [0.2, 0.25) is 0 Å². The number of rotatable bonds is 8. The molecule has 3 aromatic rings. The minimum atomic E-state index is -0.553. The van der Waals surface area contributed by atoms with Crippen molar-refractivity contribution in [1.29, 1.82) is 0 Å². The van der Waals surface area contributed by atoms with E-state index in [4.69, 9.17) is 4.42 Å². The van der Waals surface area contributed by atoms with E-state index in [9.17, 15) is 14.4 Å². The third kappa shape index (κ3) is 5.67. The Balaban J connectivity index is 1.41. The molecule has 2 heterocycles. The highest BCUT2D eigenvalue weighted by Crippen LogP contribution is 2.33. The minimum absolute atomic E-state index is 0.138. The lowest BCUT2D eigenvalue weighted by atomic mass is 10.1. The highest BCUT2D eigenvalue weighted by Gasteiger charge is 2.37. The maximum atomic E-state index is 12.6. The van der Waals surface area contributed by atoms with E-state index in [0.717, 1.165) is 24.0 Å². The molecule has 0 saturated heterocycles. The van der Waals surface area contributed by atoms with Gasteiger partial charge in [-0.25, -0.2) is 4.98 Å². The minimum Gasteiger partial charge on any atom is -0.451 e. The van der Waals surface area contributed by atoms with Crippen LogP contribution < -0.4 is 16.0 Å². The van der Waals surface area contributed by atoms with E-state index in [1.54, 1.807) is 37.4 Å². The second-order valence-corrected chi connectivity index (χ2v) is 8.61. The van der Waals surface area contributed by atoms with Gasteiger partial charge in [0.2, 0.25) is 5.91 Å². The number of nitrogens with one attached hydrogen (secondary N) is 3. The average molecular weight is 511 g/mol. The molecule has 1 saturated carbocycles. The van der Waals surface area contributed by atoms with E-state index in [1.807, 2.05) is 24.3 Å². The first-order chi connectivity index (χ1) is 15.9. The molecule has 3 N–H and O–H groups in total. The molecule has 33 heavy (non-hydrogen) atoms. The largest absolute Gasteiger partial charge is 0.451 e. The number of carbonyl (C=O) groups excluding carboxylic acids is 3. The summed E-state index contributed by atoms with van der Waals surface area (Å²) in [6.07, 6.45) is 1.84. The number of furan rings is 1. The van der Waals surface area contributed by atoms with Gasteiger partial charge in [0.05, 0.1) is 0 Å². The fourth-order valence-electron chi connectivity index (χ4n) is 3.45. The van der Waals surface area contributed by atoms with Gasteiger partial charge in [0.15, 0.2) is 5.76 Å². The van der Waals surface area contributed by atoms with Crippen LogP contribution in [0.4, 0.5) is 0 Å². The maximum absolute atomic E-state index is 12.6. The van der Waals surface area contributed by atoms with Gasteiger partial charge in [-0.15, -0.1) is 0 Å². The second-order valence-electron chi connectivity index (χ2n) is 7.80. The molecule has 4 rings (SSSR count). The van der Waals surface area contributed by atoms with Gasteiger partial charge in [0.25, 0.3) is 11.8 Å². The Kier molecular flexibility index (Phi) is 6.88. The van der Waals surface area contributed by atoms with E-state index in [-0.39, 0.29) is 23.5 Å². The number of likely N-dealkylation sites (N-methyl/N-ethyl adjacent to an activating group) is 1. The number of halogens is 1. The average Bonchev–Trinajstić information content (AvgIpc) is 3.55. The zero-order valence-electron chi connectivity index (χ0n) is 17.9. The number of hydrogen-bond donors (Lipinski definition) is 3. The van der Waals surface area contributed by atoms with E-state index < -0.39 is 11.9 Å². The highest BCUT2D eigenvalue weighted by atomic mass is 79.9. The summed E-state index contributed by atoms with van der Waals surface area (Å²) < 4.78 is 6.35. The van der Waals surface area contributed by atoms with Gasteiger partial charge >= 0.3 is 0 Å². The van der Waals surface area contributed by atoms with Crippen molar-refractivity contribution in [1.82, 2.24) is 20.9 Å². The first-order valence-corrected chi connectivity index (χ1v) is 11.4. The van der Waals surface area contributed by atoms with Crippen LogP contribution in [-0.2, 0) is 11.3 Å². The molecule has 170 valence electrons. The van der Waals surface area contributed by atoms with Crippen LogP contribution in [0.3, 0.4) is 0 Å². The lowest BCUT2D eigenvalue weighted by Crippen LogP contribution is -2.47. The third-order valence-corrected chi connectivity index (χ3v) is 5.79. The number of nitrogens with zero attached hydrogens (tertiary/aromatic N) is 1. The van der Waals surface area contributed by atoms with Crippen LogP contribution in [0.5, 0.6) is 0 Å². The van der Waals surface area contributed by atoms with Gasteiger partial charge in [0, 0.05) is 19.2 Å². The molecule has 8 nitrogen and oxygen atoms in total. The van der Waals surface area contributed by atoms with Crippen molar-refractivity contribution in [2.45, 2.75) is 25.4 Å². The van der Waals surface area contributed by atoms with Gasteiger partial charge < -0.3 is 20.4 Å². The van der Waals surface area contributed by atoms with Crippen LogP contribution >= 0.6 is 15.9 Å². The number of benzene rings is 1. The summed E-state index contributed by atoms with van der Waals surface area (Å²) in [5.74, 6) is -0.0802. The SMILES string of the molecule is CNC(=O)[C@@H](NC(=O)c1ccc(-c2cccc(CNC(=O)c3cccc(Br)n3)c2)o1)C1CC1. The topological polar surface area (TPSA) is 113 Å². The zero-order chi connectivity index (χ0) is 23.4. The smallest absolute Gasteiger partial charge is 0.287 e. The van der Waals surface area contributed by atoms with Gasteiger partial charge in [-0.3, -0.25) is 14.4 Å². The van der Waals surface area contributed by atoms with Crippen molar-refractivity contribution in [3.63, 3.8) is 0 Å². The summed E-state index contributed by atoms with van der Waals surface area (Å²) in [6.45, 7) is 0.310. The van der Waals surface area contributed by atoms with Crippen LogP contribution in [0.1, 0.15) is 39.4 Å². The second kappa shape index (κ2) is 9.99. The quantitative estimate of drug-likeness (QED) is 0.402. The molecule has 1 fully saturated rings. The van der Waals surface area contributed by atoms with E-state index in [0.29, 0.717) is 22.6 Å². The van der Waals surface area contributed by atoms with E-state index in [1.165, 1.54) is 0 Å². The Morgan fingerprint density at radius 1 is 1.09 bits per heavy atom. The number of carbonyl (C=O) groups is 3. The predicted octanol–water partition coefficient (Wildman–Crippen LogP) is 3.29. The Hall–Kier alpha value is -3.46. The molecule has 1 aromatic carbocycles.